The maximum Gasteiger partial charge on any atom is 0.256 e. The van der Waals surface area contributed by atoms with Crippen molar-refractivity contribution in [2.75, 3.05) is 16.0 Å². The zero-order chi connectivity index (χ0) is 18.5. The number of rotatable bonds is 5. The highest BCUT2D eigenvalue weighted by molar-refractivity contribution is 7.19. The third kappa shape index (κ3) is 4.67. The predicted octanol–water partition coefficient (Wildman–Crippen LogP) is 4.41. The van der Waals surface area contributed by atoms with Crippen molar-refractivity contribution >= 4 is 44.7 Å². The predicted molar refractivity (Wildman–Crippen MR) is 105 cm³/mol. The smallest absolute Gasteiger partial charge is 0.256 e. The van der Waals surface area contributed by atoms with Crippen LogP contribution in [0.1, 0.15) is 22.8 Å². The summed E-state index contributed by atoms with van der Waals surface area (Å²) in [7, 11) is 0. The van der Waals surface area contributed by atoms with Gasteiger partial charge in [-0.25, -0.2) is 4.98 Å². The van der Waals surface area contributed by atoms with Crippen LogP contribution in [0.4, 0.5) is 21.5 Å². The van der Waals surface area contributed by atoms with Gasteiger partial charge in [-0.3, -0.25) is 9.59 Å². The Kier molecular flexibility index (Phi) is 5.28. The molecule has 2 aromatic carbocycles. The third-order valence-electron chi connectivity index (χ3n) is 3.51. The molecule has 0 saturated heterocycles. The molecule has 0 bridgehead atoms. The molecule has 3 rings (SSSR count). The van der Waals surface area contributed by atoms with Crippen molar-refractivity contribution in [3.63, 3.8) is 0 Å². The van der Waals surface area contributed by atoms with Crippen LogP contribution in [-0.4, -0.2) is 16.8 Å². The number of nitrogens with one attached hydrogen (secondary N) is 3. The fourth-order valence-electron chi connectivity index (χ4n) is 2.24. The molecule has 1 heterocycles. The lowest BCUT2D eigenvalue weighted by Gasteiger charge is -2.05. The molecule has 0 atom stereocenters. The van der Waals surface area contributed by atoms with E-state index in [1.54, 1.807) is 30.5 Å². The highest BCUT2D eigenvalue weighted by Gasteiger charge is 2.09. The molecule has 0 fully saturated rings. The van der Waals surface area contributed by atoms with E-state index in [0.717, 1.165) is 5.69 Å². The van der Waals surface area contributed by atoms with Crippen molar-refractivity contribution in [1.82, 2.24) is 4.98 Å². The van der Waals surface area contributed by atoms with Gasteiger partial charge in [0, 0.05) is 23.9 Å². The first-order valence-electron chi connectivity index (χ1n) is 7.98. The molecule has 0 unspecified atom stereocenters. The van der Waals surface area contributed by atoms with E-state index in [0.29, 0.717) is 21.4 Å². The number of thiazole rings is 1. The molecule has 0 aliphatic carbocycles. The molecule has 0 spiro atoms. The van der Waals surface area contributed by atoms with Crippen LogP contribution in [0, 0.1) is 6.92 Å². The molecule has 2 amide bonds. The Morgan fingerprint density at radius 2 is 1.58 bits per heavy atom. The summed E-state index contributed by atoms with van der Waals surface area (Å²) in [5.74, 6) is -0.384. The van der Waals surface area contributed by atoms with Crippen molar-refractivity contribution in [3.05, 3.63) is 65.9 Å². The molecule has 0 aliphatic rings. The van der Waals surface area contributed by atoms with Gasteiger partial charge >= 0.3 is 0 Å². The number of nitrogens with zero attached hydrogens (tertiary/aromatic N) is 1. The lowest BCUT2D eigenvalue weighted by atomic mass is 10.2. The Morgan fingerprint density at radius 3 is 2.23 bits per heavy atom. The Hall–Kier alpha value is -3.19. The fraction of sp³-hybridized carbons (Fsp3) is 0.105. The Balaban J connectivity index is 1.62. The van der Waals surface area contributed by atoms with E-state index in [1.807, 2.05) is 31.2 Å². The minimum absolute atomic E-state index is 0.152. The third-order valence-corrected chi connectivity index (χ3v) is 4.34. The maximum absolute atomic E-state index is 12.3. The molecule has 0 saturated carbocycles. The lowest BCUT2D eigenvalue weighted by molar-refractivity contribution is -0.114. The van der Waals surface area contributed by atoms with Crippen molar-refractivity contribution in [3.8, 4) is 0 Å². The molecule has 7 heteroatoms. The van der Waals surface area contributed by atoms with Gasteiger partial charge in [0.2, 0.25) is 5.91 Å². The number of benzene rings is 2. The maximum atomic E-state index is 12.3. The van der Waals surface area contributed by atoms with E-state index in [2.05, 4.69) is 20.9 Å². The minimum Gasteiger partial charge on any atom is -0.331 e. The molecule has 0 aliphatic heterocycles. The molecular formula is C19H18N4O2S. The summed E-state index contributed by atoms with van der Waals surface area (Å²) < 4.78 is 0. The van der Waals surface area contributed by atoms with Crippen molar-refractivity contribution in [2.45, 2.75) is 13.8 Å². The van der Waals surface area contributed by atoms with Gasteiger partial charge in [0.05, 0.1) is 6.20 Å². The zero-order valence-corrected chi connectivity index (χ0v) is 15.2. The second-order valence-electron chi connectivity index (χ2n) is 5.73. The fourth-order valence-corrected chi connectivity index (χ4v) is 2.97. The second-order valence-corrected chi connectivity index (χ2v) is 6.76. The molecule has 26 heavy (non-hydrogen) atoms. The molecule has 132 valence electrons. The van der Waals surface area contributed by atoms with Gasteiger partial charge in [-0.05, 0) is 43.3 Å². The van der Waals surface area contributed by atoms with Crippen LogP contribution < -0.4 is 16.0 Å². The normalized spacial score (nSPS) is 10.2. The van der Waals surface area contributed by atoms with Gasteiger partial charge in [-0.15, -0.1) is 0 Å². The van der Waals surface area contributed by atoms with E-state index in [9.17, 15) is 9.59 Å². The summed E-state index contributed by atoms with van der Waals surface area (Å²) in [5.41, 5.74) is 3.28. The van der Waals surface area contributed by atoms with Crippen molar-refractivity contribution in [1.29, 1.82) is 0 Å². The number of aromatic nitrogens is 1. The van der Waals surface area contributed by atoms with Gasteiger partial charge in [0.25, 0.3) is 5.91 Å². The molecule has 3 aromatic rings. The van der Waals surface area contributed by atoms with E-state index in [4.69, 9.17) is 0 Å². The zero-order valence-electron chi connectivity index (χ0n) is 14.4. The van der Waals surface area contributed by atoms with E-state index < -0.39 is 0 Å². The summed E-state index contributed by atoms with van der Waals surface area (Å²) in [6.45, 7) is 3.47. The number of hydrogen-bond donors (Lipinski definition) is 3. The van der Waals surface area contributed by atoms with Crippen molar-refractivity contribution in [2.24, 2.45) is 0 Å². The van der Waals surface area contributed by atoms with E-state index >= 15 is 0 Å². The highest BCUT2D eigenvalue weighted by Crippen LogP contribution is 2.27. The first kappa shape index (κ1) is 17.6. The van der Waals surface area contributed by atoms with Crippen LogP contribution in [-0.2, 0) is 4.79 Å². The van der Waals surface area contributed by atoms with Crippen molar-refractivity contribution < 1.29 is 9.59 Å². The molecular weight excluding hydrogens is 348 g/mol. The summed E-state index contributed by atoms with van der Waals surface area (Å²) in [6, 6.07) is 14.7. The number of amides is 2. The molecule has 1 aromatic heterocycles. The van der Waals surface area contributed by atoms with Crippen LogP contribution in [0.25, 0.3) is 0 Å². The number of aryl methyl sites for hydroxylation is 1. The van der Waals surface area contributed by atoms with Gasteiger partial charge in [-0.1, -0.05) is 29.0 Å². The summed E-state index contributed by atoms with van der Waals surface area (Å²) in [6.07, 6.45) is 1.62. The topological polar surface area (TPSA) is 83.1 Å². The number of hydrogen-bond acceptors (Lipinski definition) is 5. The van der Waals surface area contributed by atoms with Gasteiger partial charge in [0.1, 0.15) is 5.00 Å². The van der Waals surface area contributed by atoms with Crippen LogP contribution in [0.3, 0.4) is 0 Å². The lowest BCUT2D eigenvalue weighted by Crippen LogP contribution is -2.11. The minimum atomic E-state index is -0.232. The van der Waals surface area contributed by atoms with Gasteiger partial charge < -0.3 is 16.0 Å². The monoisotopic (exact) mass is 366 g/mol. The Labute approximate surface area is 155 Å². The SMILES string of the molecule is CC(=O)Nc1ccc(C(=O)Nc2cnc(Nc3ccc(C)cc3)s2)cc1. The van der Waals surface area contributed by atoms with Gasteiger partial charge in [0.15, 0.2) is 5.13 Å². The van der Waals surface area contributed by atoms with Crippen LogP contribution in [0.5, 0.6) is 0 Å². The second kappa shape index (κ2) is 7.79. The molecule has 0 radical (unpaired) electrons. The van der Waals surface area contributed by atoms with E-state index in [-0.39, 0.29) is 11.8 Å². The summed E-state index contributed by atoms with van der Waals surface area (Å²) in [4.78, 5) is 27.6. The van der Waals surface area contributed by atoms with Crippen LogP contribution in [0.2, 0.25) is 0 Å². The number of anilines is 4. The highest BCUT2D eigenvalue weighted by atomic mass is 32.1. The number of carbonyl (C=O) groups excluding carboxylic acids is 2. The van der Waals surface area contributed by atoms with Crippen LogP contribution >= 0.6 is 11.3 Å². The Morgan fingerprint density at radius 1 is 0.923 bits per heavy atom. The first-order valence-corrected chi connectivity index (χ1v) is 8.80. The first-order chi connectivity index (χ1) is 12.5. The largest absolute Gasteiger partial charge is 0.331 e. The van der Waals surface area contributed by atoms with Gasteiger partial charge in [-0.2, -0.15) is 0 Å². The average molecular weight is 366 g/mol. The molecule has 3 N–H and O–H groups in total. The van der Waals surface area contributed by atoms with E-state index in [1.165, 1.54) is 23.8 Å². The van der Waals surface area contributed by atoms with Crippen LogP contribution in [0.15, 0.2) is 54.7 Å². The number of carbonyl (C=O) groups is 2. The molecule has 6 nitrogen and oxygen atoms in total. The standard InChI is InChI=1S/C19H18N4O2S/c1-12-3-7-16(8-4-12)22-19-20-11-17(26-19)23-18(25)14-5-9-15(10-6-14)21-13(2)24/h3-11H,1-2H3,(H,20,22)(H,21,24)(H,23,25). The summed E-state index contributed by atoms with van der Waals surface area (Å²) >= 11 is 1.36. The quantitative estimate of drug-likeness (QED) is 0.625. The average Bonchev–Trinajstić information content (AvgIpc) is 3.04. The summed E-state index contributed by atoms with van der Waals surface area (Å²) in [5, 5.41) is 10.0. The Bertz CT molecular complexity index is 917.